The Morgan fingerprint density at radius 3 is 2.72 bits per heavy atom. The summed E-state index contributed by atoms with van der Waals surface area (Å²) < 4.78 is 15.2. The van der Waals surface area contributed by atoms with Gasteiger partial charge in [0.15, 0.2) is 4.67 Å². The summed E-state index contributed by atoms with van der Waals surface area (Å²) in [5.74, 6) is -1.08. The Labute approximate surface area is 148 Å². The van der Waals surface area contributed by atoms with Crippen molar-refractivity contribution >= 4 is 38.8 Å². The normalized spacial score (nSPS) is 10.6. The van der Waals surface area contributed by atoms with Gasteiger partial charge in [0, 0.05) is 0 Å². The fourth-order valence-electron chi connectivity index (χ4n) is 2.13. The number of nitrogens with one attached hydrogen (secondary N) is 1. The van der Waals surface area contributed by atoms with Crippen LogP contribution in [-0.2, 0) is 16.1 Å². The Balaban J connectivity index is 1.85. The van der Waals surface area contributed by atoms with Crippen LogP contribution in [-0.4, -0.2) is 29.0 Å². The van der Waals surface area contributed by atoms with Crippen molar-refractivity contribution in [3.63, 3.8) is 0 Å². The van der Waals surface area contributed by atoms with Gasteiger partial charge in [-0.05, 0) is 46.3 Å². The standard InChI is InChI=1S/C16H11BrN2O6/c1-23-15(21)8-2-3-9-10(6-8)18-13(19-14(9)20)7-24-16(22)11-4-5-12(17)25-11/h2-6H,7H2,1H3,(H,18,19,20). The molecule has 1 N–H and O–H groups in total. The molecule has 3 rings (SSSR count). The molecule has 8 nitrogen and oxygen atoms in total. The second-order valence-electron chi connectivity index (χ2n) is 4.92. The molecule has 25 heavy (non-hydrogen) atoms. The van der Waals surface area contributed by atoms with Crippen molar-refractivity contribution in [1.29, 1.82) is 0 Å². The van der Waals surface area contributed by atoms with Gasteiger partial charge in [0.1, 0.15) is 12.4 Å². The summed E-state index contributed by atoms with van der Waals surface area (Å²) in [5.41, 5.74) is 0.142. The van der Waals surface area contributed by atoms with Crippen LogP contribution in [0.4, 0.5) is 0 Å². The third-order valence-electron chi connectivity index (χ3n) is 3.29. The number of aromatic amines is 1. The van der Waals surface area contributed by atoms with E-state index in [-0.39, 0.29) is 23.8 Å². The van der Waals surface area contributed by atoms with E-state index in [4.69, 9.17) is 9.15 Å². The summed E-state index contributed by atoms with van der Waals surface area (Å²) in [6.07, 6.45) is 0. The van der Waals surface area contributed by atoms with Crippen molar-refractivity contribution in [2.24, 2.45) is 0 Å². The van der Waals surface area contributed by atoms with Crippen molar-refractivity contribution in [2.75, 3.05) is 7.11 Å². The highest BCUT2D eigenvalue weighted by molar-refractivity contribution is 9.10. The molecule has 0 unspecified atom stereocenters. The van der Waals surface area contributed by atoms with E-state index in [9.17, 15) is 14.4 Å². The zero-order valence-corrected chi connectivity index (χ0v) is 14.5. The number of carbonyl (C=O) groups is 2. The number of rotatable bonds is 4. The molecule has 0 saturated carbocycles. The van der Waals surface area contributed by atoms with Crippen molar-refractivity contribution < 1.29 is 23.5 Å². The third-order valence-corrected chi connectivity index (χ3v) is 3.72. The molecule has 0 radical (unpaired) electrons. The zero-order valence-electron chi connectivity index (χ0n) is 12.9. The number of ether oxygens (including phenoxy) is 2. The number of esters is 2. The molecule has 0 aliphatic carbocycles. The molecule has 2 aromatic heterocycles. The van der Waals surface area contributed by atoms with Gasteiger partial charge in [-0.15, -0.1) is 0 Å². The van der Waals surface area contributed by atoms with E-state index >= 15 is 0 Å². The Bertz CT molecular complexity index is 1020. The number of aromatic nitrogens is 2. The van der Waals surface area contributed by atoms with E-state index in [2.05, 4.69) is 30.6 Å². The minimum absolute atomic E-state index is 0.0167. The summed E-state index contributed by atoms with van der Waals surface area (Å²) in [7, 11) is 1.26. The third kappa shape index (κ3) is 3.61. The van der Waals surface area contributed by atoms with Crippen LogP contribution >= 0.6 is 15.9 Å². The second kappa shape index (κ2) is 6.89. The number of furan rings is 1. The maximum Gasteiger partial charge on any atom is 0.374 e. The van der Waals surface area contributed by atoms with Gasteiger partial charge in [0.25, 0.3) is 5.56 Å². The number of hydrogen-bond acceptors (Lipinski definition) is 7. The molecule has 0 saturated heterocycles. The molecular weight excluding hydrogens is 396 g/mol. The van der Waals surface area contributed by atoms with E-state index < -0.39 is 17.5 Å². The van der Waals surface area contributed by atoms with Crippen LogP contribution in [0.5, 0.6) is 0 Å². The minimum Gasteiger partial charge on any atom is -0.465 e. The van der Waals surface area contributed by atoms with Crippen LogP contribution in [0.1, 0.15) is 26.7 Å². The molecule has 0 spiro atoms. The topological polar surface area (TPSA) is 111 Å². The molecule has 0 aliphatic rings. The minimum atomic E-state index is -0.697. The van der Waals surface area contributed by atoms with Gasteiger partial charge in [-0.3, -0.25) is 4.79 Å². The molecule has 9 heteroatoms. The van der Waals surface area contributed by atoms with Gasteiger partial charge < -0.3 is 18.9 Å². The fourth-order valence-corrected chi connectivity index (χ4v) is 2.44. The monoisotopic (exact) mass is 406 g/mol. The molecule has 0 aliphatic heterocycles. The molecular formula is C16H11BrN2O6. The average Bonchev–Trinajstić information content (AvgIpc) is 3.05. The first-order valence-electron chi connectivity index (χ1n) is 7.01. The van der Waals surface area contributed by atoms with Gasteiger partial charge in [0.05, 0.1) is 23.6 Å². The average molecular weight is 407 g/mol. The van der Waals surface area contributed by atoms with E-state index in [1.807, 2.05) is 0 Å². The second-order valence-corrected chi connectivity index (χ2v) is 5.70. The lowest BCUT2D eigenvalue weighted by Gasteiger charge is -2.05. The maximum atomic E-state index is 12.1. The van der Waals surface area contributed by atoms with Gasteiger partial charge in [0.2, 0.25) is 5.76 Å². The van der Waals surface area contributed by atoms with Crippen molar-refractivity contribution in [3.8, 4) is 0 Å². The number of nitrogens with zero attached hydrogens (tertiary/aromatic N) is 1. The fraction of sp³-hybridized carbons (Fsp3) is 0.125. The highest BCUT2D eigenvalue weighted by Crippen LogP contribution is 2.16. The summed E-state index contributed by atoms with van der Waals surface area (Å²) in [6.45, 7) is -0.259. The first kappa shape index (κ1) is 16.9. The van der Waals surface area contributed by atoms with Crippen LogP contribution in [0.15, 0.2) is 44.2 Å². The Kier molecular flexibility index (Phi) is 4.66. The molecule has 0 fully saturated rings. The van der Waals surface area contributed by atoms with Gasteiger partial charge in [-0.2, -0.15) is 0 Å². The number of halogens is 1. The molecule has 128 valence electrons. The number of carbonyl (C=O) groups excluding carboxylic acids is 2. The highest BCUT2D eigenvalue weighted by Gasteiger charge is 2.14. The first-order valence-corrected chi connectivity index (χ1v) is 7.81. The zero-order chi connectivity index (χ0) is 18.0. The summed E-state index contributed by atoms with van der Waals surface area (Å²) in [4.78, 5) is 42.2. The maximum absolute atomic E-state index is 12.1. The van der Waals surface area contributed by atoms with Gasteiger partial charge in [-0.1, -0.05) is 0 Å². The largest absolute Gasteiger partial charge is 0.465 e. The summed E-state index contributed by atoms with van der Waals surface area (Å²) >= 11 is 3.09. The lowest BCUT2D eigenvalue weighted by Crippen LogP contribution is -2.15. The molecule has 1 aromatic carbocycles. The predicted octanol–water partition coefficient (Wildman–Crippen LogP) is 2.42. The summed E-state index contributed by atoms with van der Waals surface area (Å²) in [5, 5.41) is 0.303. The molecule has 0 bridgehead atoms. The van der Waals surface area contributed by atoms with E-state index in [0.717, 1.165) is 0 Å². The quantitative estimate of drug-likeness (QED) is 0.661. The van der Waals surface area contributed by atoms with Gasteiger partial charge >= 0.3 is 11.9 Å². The summed E-state index contributed by atoms with van der Waals surface area (Å²) in [6, 6.07) is 7.39. The van der Waals surface area contributed by atoms with E-state index in [1.54, 1.807) is 6.07 Å². The number of methoxy groups -OCH3 is 1. The lowest BCUT2D eigenvalue weighted by molar-refractivity contribution is 0.0424. The van der Waals surface area contributed by atoms with Crippen molar-refractivity contribution in [2.45, 2.75) is 6.61 Å². The number of fused-ring (bicyclic) bond motifs is 1. The van der Waals surface area contributed by atoms with Crippen LogP contribution in [0, 0.1) is 0 Å². The lowest BCUT2D eigenvalue weighted by atomic mass is 10.1. The number of H-pyrrole nitrogens is 1. The highest BCUT2D eigenvalue weighted by atomic mass is 79.9. The smallest absolute Gasteiger partial charge is 0.374 e. The van der Waals surface area contributed by atoms with Crippen molar-refractivity contribution in [3.05, 3.63) is 62.5 Å². The molecule has 2 heterocycles. The van der Waals surface area contributed by atoms with E-state index in [0.29, 0.717) is 15.6 Å². The first-order chi connectivity index (χ1) is 12.0. The molecule has 0 atom stereocenters. The molecule has 0 amide bonds. The Hall–Kier alpha value is -2.94. The van der Waals surface area contributed by atoms with Crippen LogP contribution in [0.25, 0.3) is 10.9 Å². The van der Waals surface area contributed by atoms with Crippen molar-refractivity contribution in [1.82, 2.24) is 9.97 Å². The van der Waals surface area contributed by atoms with Crippen LogP contribution in [0.2, 0.25) is 0 Å². The number of benzene rings is 1. The van der Waals surface area contributed by atoms with Crippen LogP contribution < -0.4 is 5.56 Å². The molecule has 3 aromatic rings. The Morgan fingerprint density at radius 2 is 2.04 bits per heavy atom. The predicted molar refractivity (Wildman–Crippen MR) is 89.2 cm³/mol. The number of hydrogen-bond donors (Lipinski definition) is 1. The van der Waals surface area contributed by atoms with E-state index in [1.165, 1.54) is 31.4 Å². The Morgan fingerprint density at radius 1 is 1.24 bits per heavy atom. The van der Waals surface area contributed by atoms with Gasteiger partial charge in [-0.25, -0.2) is 14.6 Å². The SMILES string of the molecule is COC(=O)c1ccc2c(=O)[nH]c(COC(=O)c3ccc(Br)o3)nc2c1. The van der Waals surface area contributed by atoms with Crippen LogP contribution in [0.3, 0.4) is 0 Å².